The van der Waals surface area contributed by atoms with E-state index in [2.05, 4.69) is 15.6 Å². The highest BCUT2D eigenvalue weighted by Gasteiger charge is 2.25. The Hall–Kier alpha value is -2.76. The van der Waals surface area contributed by atoms with E-state index in [9.17, 15) is 9.59 Å². The summed E-state index contributed by atoms with van der Waals surface area (Å²) in [6.07, 6.45) is 2.29. The van der Waals surface area contributed by atoms with E-state index in [1.165, 1.54) is 0 Å². The minimum absolute atomic E-state index is 0.209. The SMILES string of the molecule is CCOc1ccc(NC(=O)c2c[nH]c3c2C(=O)NCC3)cc1. The quantitative estimate of drug-likeness (QED) is 0.807. The lowest BCUT2D eigenvalue weighted by Crippen LogP contribution is -2.33. The van der Waals surface area contributed by atoms with Crippen molar-refractivity contribution >= 4 is 17.5 Å². The van der Waals surface area contributed by atoms with Crippen LogP contribution in [0.25, 0.3) is 0 Å². The molecule has 1 aliphatic heterocycles. The van der Waals surface area contributed by atoms with Crippen molar-refractivity contribution in [2.24, 2.45) is 0 Å². The fourth-order valence-electron chi connectivity index (χ4n) is 2.49. The molecule has 0 atom stereocenters. The molecule has 0 saturated carbocycles. The molecule has 0 aliphatic carbocycles. The van der Waals surface area contributed by atoms with Crippen LogP contribution in [0.2, 0.25) is 0 Å². The second-order valence-corrected chi connectivity index (χ2v) is 4.97. The van der Waals surface area contributed by atoms with Gasteiger partial charge in [-0.2, -0.15) is 0 Å². The molecule has 3 rings (SSSR count). The number of benzene rings is 1. The molecule has 3 N–H and O–H groups in total. The van der Waals surface area contributed by atoms with Gasteiger partial charge in [0.05, 0.1) is 17.7 Å². The first-order valence-electron chi connectivity index (χ1n) is 7.21. The Morgan fingerprint density at radius 3 is 2.82 bits per heavy atom. The van der Waals surface area contributed by atoms with Gasteiger partial charge in [-0.05, 0) is 31.2 Å². The maximum absolute atomic E-state index is 12.4. The minimum Gasteiger partial charge on any atom is -0.494 e. The lowest BCUT2D eigenvalue weighted by Gasteiger charge is -2.13. The monoisotopic (exact) mass is 299 g/mol. The number of carbonyl (C=O) groups excluding carboxylic acids is 2. The summed E-state index contributed by atoms with van der Waals surface area (Å²) in [5, 5.41) is 5.54. The number of nitrogens with one attached hydrogen (secondary N) is 3. The fourth-order valence-corrected chi connectivity index (χ4v) is 2.49. The number of aromatic amines is 1. The molecule has 2 aromatic rings. The molecule has 0 saturated heterocycles. The largest absolute Gasteiger partial charge is 0.494 e. The average Bonchev–Trinajstić information content (AvgIpc) is 2.95. The molecule has 0 unspecified atom stereocenters. The number of amides is 2. The summed E-state index contributed by atoms with van der Waals surface area (Å²) in [5.41, 5.74) is 2.26. The van der Waals surface area contributed by atoms with E-state index in [1.807, 2.05) is 6.92 Å². The van der Waals surface area contributed by atoms with Crippen LogP contribution in [-0.2, 0) is 6.42 Å². The maximum Gasteiger partial charge on any atom is 0.258 e. The number of fused-ring (bicyclic) bond motifs is 1. The summed E-state index contributed by atoms with van der Waals surface area (Å²) in [4.78, 5) is 27.3. The van der Waals surface area contributed by atoms with Gasteiger partial charge in [0.2, 0.25) is 0 Å². The van der Waals surface area contributed by atoms with E-state index < -0.39 is 0 Å². The lowest BCUT2D eigenvalue weighted by molar-refractivity contribution is 0.0933. The third-order valence-electron chi connectivity index (χ3n) is 3.52. The van der Waals surface area contributed by atoms with Gasteiger partial charge in [0, 0.05) is 30.5 Å². The molecule has 1 aromatic heterocycles. The van der Waals surface area contributed by atoms with Gasteiger partial charge in [0.1, 0.15) is 5.75 Å². The van der Waals surface area contributed by atoms with E-state index in [-0.39, 0.29) is 11.8 Å². The number of hydrogen-bond acceptors (Lipinski definition) is 3. The van der Waals surface area contributed by atoms with Crippen LogP contribution in [0.4, 0.5) is 5.69 Å². The Balaban J connectivity index is 1.77. The molecule has 0 fully saturated rings. The highest BCUT2D eigenvalue weighted by atomic mass is 16.5. The van der Waals surface area contributed by atoms with Crippen LogP contribution in [0, 0.1) is 0 Å². The van der Waals surface area contributed by atoms with Crippen LogP contribution in [0.3, 0.4) is 0 Å². The van der Waals surface area contributed by atoms with Crippen molar-refractivity contribution < 1.29 is 14.3 Å². The van der Waals surface area contributed by atoms with E-state index in [4.69, 9.17) is 4.74 Å². The Bertz CT molecular complexity index is 704. The Labute approximate surface area is 127 Å². The Kier molecular flexibility index (Phi) is 3.82. The van der Waals surface area contributed by atoms with Crippen molar-refractivity contribution in [3.8, 4) is 5.75 Å². The number of rotatable bonds is 4. The summed E-state index contributed by atoms with van der Waals surface area (Å²) in [6, 6.07) is 7.11. The minimum atomic E-state index is -0.307. The average molecular weight is 299 g/mol. The summed E-state index contributed by atoms with van der Waals surface area (Å²) in [7, 11) is 0. The van der Waals surface area contributed by atoms with Gasteiger partial charge < -0.3 is 20.4 Å². The number of hydrogen-bond donors (Lipinski definition) is 3. The first kappa shape index (κ1) is 14.2. The van der Waals surface area contributed by atoms with Gasteiger partial charge in [-0.3, -0.25) is 9.59 Å². The smallest absolute Gasteiger partial charge is 0.258 e. The van der Waals surface area contributed by atoms with Crippen LogP contribution in [0.15, 0.2) is 30.5 Å². The third kappa shape index (κ3) is 2.67. The van der Waals surface area contributed by atoms with Gasteiger partial charge >= 0.3 is 0 Å². The number of carbonyl (C=O) groups is 2. The van der Waals surface area contributed by atoms with Gasteiger partial charge in [-0.25, -0.2) is 0 Å². The summed E-state index contributed by atoms with van der Waals surface area (Å²) < 4.78 is 5.36. The van der Waals surface area contributed by atoms with E-state index >= 15 is 0 Å². The maximum atomic E-state index is 12.4. The first-order valence-corrected chi connectivity index (χ1v) is 7.21. The molecule has 2 heterocycles. The zero-order chi connectivity index (χ0) is 15.5. The highest BCUT2D eigenvalue weighted by Crippen LogP contribution is 2.20. The molecule has 6 heteroatoms. The van der Waals surface area contributed by atoms with Gasteiger partial charge in [-0.1, -0.05) is 0 Å². The summed E-state index contributed by atoms with van der Waals surface area (Å²) in [6.45, 7) is 3.10. The predicted molar refractivity (Wildman–Crippen MR) is 82.4 cm³/mol. The normalized spacial score (nSPS) is 13.2. The highest BCUT2D eigenvalue weighted by molar-refractivity contribution is 6.13. The van der Waals surface area contributed by atoms with Gasteiger partial charge in [0.25, 0.3) is 11.8 Å². The first-order chi connectivity index (χ1) is 10.7. The molecule has 2 amide bonds. The molecule has 6 nitrogen and oxygen atoms in total. The zero-order valence-corrected chi connectivity index (χ0v) is 12.2. The number of anilines is 1. The molecule has 1 aliphatic rings. The number of ether oxygens (including phenoxy) is 1. The molecular formula is C16H17N3O3. The van der Waals surface area contributed by atoms with Crippen LogP contribution < -0.4 is 15.4 Å². The van der Waals surface area contributed by atoms with E-state index in [0.717, 1.165) is 11.4 Å². The molecule has 1 aromatic carbocycles. The lowest BCUT2D eigenvalue weighted by atomic mass is 10.0. The Morgan fingerprint density at radius 2 is 2.09 bits per heavy atom. The van der Waals surface area contributed by atoms with Crippen molar-refractivity contribution in [2.45, 2.75) is 13.3 Å². The molecule has 0 spiro atoms. The molecule has 114 valence electrons. The Morgan fingerprint density at radius 1 is 1.32 bits per heavy atom. The van der Waals surface area contributed by atoms with Crippen molar-refractivity contribution in [1.82, 2.24) is 10.3 Å². The van der Waals surface area contributed by atoms with Crippen molar-refractivity contribution in [3.05, 3.63) is 47.3 Å². The molecule has 22 heavy (non-hydrogen) atoms. The summed E-state index contributed by atoms with van der Waals surface area (Å²) in [5.74, 6) is 0.233. The van der Waals surface area contributed by atoms with E-state index in [0.29, 0.717) is 36.4 Å². The third-order valence-corrected chi connectivity index (χ3v) is 3.52. The van der Waals surface area contributed by atoms with Crippen molar-refractivity contribution in [1.29, 1.82) is 0 Å². The van der Waals surface area contributed by atoms with E-state index in [1.54, 1.807) is 30.5 Å². The fraction of sp³-hybridized carbons (Fsp3) is 0.250. The second-order valence-electron chi connectivity index (χ2n) is 4.97. The summed E-state index contributed by atoms with van der Waals surface area (Å²) >= 11 is 0. The number of aromatic nitrogens is 1. The van der Waals surface area contributed by atoms with Crippen molar-refractivity contribution in [3.63, 3.8) is 0 Å². The molecule has 0 bridgehead atoms. The number of H-pyrrole nitrogens is 1. The van der Waals surface area contributed by atoms with Crippen molar-refractivity contribution in [2.75, 3.05) is 18.5 Å². The standard InChI is InChI=1S/C16H17N3O3/c1-2-22-11-5-3-10(4-6-11)19-15(20)12-9-18-13-7-8-17-16(21)14(12)13/h3-6,9,18H,2,7-8H2,1H3,(H,17,21)(H,19,20). The zero-order valence-electron chi connectivity index (χ0n) is 12.2. The topological polar surface area (TPSA) is 83.2 Å². The molecular weight excluding hydrogens is 282 g/mol. The van der Waals surface area contributed by atoms with Crippen LogP contribution in [-0.4, -0.2) is 29.9 Å². The van der Waals surface area contributed by atoms with Gasteiger partial charge in [0.15, 0.2) is 0 Å². The molecule has 0 radical (unpaired) electrons. The van der Waals surface area contributed by atoms with Crippen LogP contribution >= 0.6 is 0 Å². The van der Waals surface area contributed by atoms with Gasteiger partial charge in [-0.15, -0.1) is 0 Å². The van der Waals surface area contributed by atoms with Crippen LogP contribution in [0.5, 0.6) is 5.75 Å². The second kappa shape index (κ2) is 5.93. The predicted octanol–water partition coefficient (Wildman–Crippen LogP) is 1.95. The van der Waals surface area contributed by atoms with Crippen LogP contribution in [0.1, 0.15) is 33.3 Å².